The van der Waals surface area contributed by atoms with Gasteiger partial charge in [-0.3, -0.25) is 9.36 Å². The zero-order valence-electron chi connectivity index (χ0n) is 16.9. The van der Waals surface area contributed by atoms with Crippen molar-refractivity contribution in [3.05, 3.63) is 111 Å². The molecule has 0 atom stereocenters. The summed E-state index contributed by atoms with van der Waals surface area (Å²) >= 11 is 0. The number of aromatic nitrogens is 3. The van der Waals surface area contributed by atoms with E-state index in [4.69, 9.17) is 0 Å². The first-order chi connectivity index (χ1) is 14.6. The van der Waals surface area contributed by atoms with Crippen LogP contribution in [0, 0.1) is 6.92 Å². The predicted molar refractivity (Wildman–Crippen MR) is 121 cm³/mol. The van der Waals surface area contributed by atoms with Crippen LogP contribution in [0.2, 0.25) is 0 Å². The molecule has 0 radical (unpaired) electrons. The van der Waals surface area contributed by atoms with Crippen LogP contribution >= 0.6 is 0 Å². The molecule has 3 aromatic carbocycles. The van der Waals surface area contributed by atoms with Gasteiger partial charge in [0, 0.05) is 12.4 Å². The largest absolute Gasteiger partial charge is 0.338 e. The topological polar surface area (TPSA) is 48.9 Å². The summed E-state index contributed by atoms with van der Waals surface area (Å²) in [7, 11) is 1.88. The molecule has 2 heterocycles. The average molecular weight is 395 g/mol. The van der Waals surface area contributed by atoms with E-state index in [-0.39, 0.29) is 11.2 Å². The molecule has 5 heteroatoms. The van der Waals surface area contributed by atoms with Crippen molar-refractivity contribution in [3.63, 3.8) is 0 Å². The second kappa shape index (κ2) is 6.88. The number of hydrogen-bond donors (Lipinski definition) is 0. The van der Waals surface area contributed by atoms with Crippen molar-refractivity contribution in [2.45, 2.75) is 13.5 Å². The van der Waals surface area contributed by atoms with Crippen LogP contribution in [0.4, 0.5) is 0 Å². The van der Waals surface area contributed by atoms with Crippen molar-refractivity contribution in [3.8, 4) is 5.69 Å². The summed E-state index contributed by atoms with van der Waals surface area (Å²) in [5.41, 5.74) is 4.15. The summed E-state index contributed by atoms with van der Waals surface area (Å²) in [6, 6.07) is 25.0. The van der Waals surface area contributed by atoms with Crippen LogP contribution < -0.4 is 11.2 Å². The lowest BCUT2D eigenvalue weighted by atomic mass is 10.1. The summed E-state index contributed by atoms with van der Waals surface area (Å²) in [5, 5.41) is 0.915. The fourth-order valence-corrected chi connectivity index (χ4v) is 4.18. The minimum Gasteiger partial charge on any atom is -0.338 e. The first-order valence-electron chi connectivity index (χ1n) is 9.90. The van der Waals surface area contributed by atoms with Gasteiger partial charge in [0.2, 0.25) is 0 Å². The number of aryl methyl sites for hydroxylation is 2. The Morgan fingerprint density at radius 1 is 0.800 bits per heavy atom. The van der Waals surface area contributed by atoms with Gasteiger partial charge in [-0.1, -0.05) is 60.2 Å². The number of para-hydroxylation sites is 1. The average Bonchev–Trinajstić information content (AvgIpc) is 3.04. The number of fused-ring (bicyclic) bond motifs is 3. The first-order valence-corrected chi connectivity index (χ1v) is 9.90. The molecule has 30 heavy (non-hydrogen) atoms. The third-order valence-electron chi connectivity index (χ3n) is 5.62. The van der Waals surface area contributed by atoms with Gasteiger partial charge >= 0.3 is 5.69 Å². The van der Waals surface area contributed by atoms with Gasteiger partial charge in [0.15, 0.2) is 0 Å². The van der Waals surface area contributed by atoms with Gasteiger partial charge in [0.05, 0.1) is 23.3 Å². The van der Waals surface area contributed by atoms with Crippen molar-refractivity contribution >= 4 is 21.9 Å². The van der Waals surface area contributed by atoms with E-state index in [1.807, 2.05) is 85.3 Å². The summed E-state index contributed by atoms with van der Waals surface area (Å²) in [5.74, 6) is 0. The quantitative estimate of drug-likeness (QED) is 0.464. The van der Waals surface area contributed by atoms with Gasteiger partial charge in [0.1, 0.15) is 5.52 Å². The molecule has 0 saturated heterocycles. The molecule has 148 valence electrons. The molecule has 0 spiro atoms. The van der Waals surface area contributed by atoms with E-state index in [1.165, 1.54) is 4.57 Å². The van der Waals surface area contributed by atoms with E-state index in [1.54, 1.807) is 16.7 Å². The van der Waals surface area contributed by atoms with Crippen molar-refractivity contribution in [2.24, 2.45) is 7.05 Å². The van der Waals surface area contributed by atoms with Crippen LogP contribution in [0.5, 0.6) is 0 Å². The highest BCUT2D eigenvalue weighted by Gasteiger charge is 2.21. The van der Waals surface area contributed by atoms with Crippen LogP contribution in [-0.2, 0) is 13.6 Å². The van der Waals surface area contributed by atoms with Crippen molar-refractivity contribution < 1.29 is 0 Å². The van der Waals surface area contributed by atoms with Crippen LogP contribution in [0.15, 0.2) is 88.5 Å². The van der Waals surface area contributed by atoms with Crippen LogP contribution in [0.1, 0.15) is 11.1 Å². The lowest BCUT2D eigenvalue weighted by Gasteiger charge is -2.13. The summed E-state index contributed by atoms with van der Waals surface area (Å²) in [4.78, 5) is 27.2. The molecule has 0 aliphatic rings. The minimum absolute atomic E-state index is 0.304. The molecule has 2 aromatic heterocycles. The predicted octanol–water partition coefficient (Wildman–Crippen LogP) is 4.00. The molecule has 0 aliphatic heterocycles. The van der Waals surface area contributed by atoms with E-state index in [2.05, 4.69) is 0 Å². The molecular formula is C25H21N3O2. The number of benzene rings is 3. The van der Waals surface area contributed by atoms with E-state index < -0.39 is 0 Å². The highest BCUT2D eigenvalue weighted by Crippen LogP contribution is 2.27. The van der Waals surface area contributed by atoms with Crippen molar-refractivity contribution in [1.29, 1.82) is 0 Å². The number of hydrogen-bond acceptors (Lipinski definition) is 2. The molecule has 0 unspecified atom stereocenters. The molecular weight excluding hydrogens is 374 g/mol. The van der Waals surface area contributed by atoms with Gasteiger partial charge < -0.3 is 4.57 Å². The highest BCUT2D eigenvalue weighted by molar-refractivity contribution is 6.06. The third-order valence-corrected chi connectivity index (χ3v) is 5.62. The Balaban J connectivity index is 1.97. The maximum absolute atomic E-state index is 13.7. The first kappa shape index (κ1) is 18.2. The highest BCUT2D eigenvalue weighted by atomic mass is 16.2. The van der Waals surface area contributed by atoms with Crippen molar-refractivity contribution in [1.82, 2.24) is 13.7 Å². The maximum atomic E-state index is 13.7. The van der Waals surface area contributed by atoms with Gasteiger partial charge in [-0.25, -0.2) is 9.36 Å². The van der Waals surface area contributed by atoms with Crippen molar-refractivity contribution in [2.75, 3.05) is 0 Å². The molecule has 0 amide bonds. The van der Waals surface area contributed by atoms with Crippen LogP contribution in [0.3, 0.4) is 0 Å². The second-order valence-corrected chi connectivity index (χ2v) is 7.61. The summed E-state index contributed by atoms with van der Waals surface area (Å²) in [6.45, 7) is 2.40. The van der Waals surface area contributed by atoms with Gasteiger partial charge in [-0.15, -0.1) is 0 Å². The van der Waals surface area contributed by atoms with E-state index in [0.29, 0.717) is 23.3 Å². The lowest BCUT2D eigenvalue weighted by Crippen LogP contribution is -2.39. The van der Waals surface area contributed by atoms with Gasteiger partial charge in [-0.05, 0) is 36.8 Å². The zero-order chi connectivity index (χ0) is 20.8. The monoisotopic (exact) mass is 395 g/mol. The van der Waals surface area contributed by atoms with Gasteiger partial charge in [0.25, 0.3) is 5.56 Å². The molecule has 0 bridgehead atoms. The molecule has 5 aromatic rings. The van der Waals surface area contributed by atoms with Crippen LogP contribution in [0.25, 0.3) is 27.6 Å². The summed E-state index contributed by atoms with van der Waals surface area (Å²) < 4.78 is 4.89. The minimum atomic E-state index is -0.337. The Labute approximate surface area is 173 Å². The Bertz CT molecular complexity index is 1510. The van der Waals surface area contributed by atoms with E-state index >= 15 is 0 Å². The lowest BCUT2D eigenvalue weighted by molar-refractivity contribution is 0.713. The van der Waals surface area contributed by atoms with Gasteiger partial charge in [-0.2, -0.15) is 0 Å². The smallest absolute Gasteiger partial charge is 0.336 e. The Kier molecular flexibility index (Phi) is 4.17. The summed E-state index contributed by atoms with van der Waals surface area (Å²) in [6.07, 6.45) is 0. The zero-order valence-corrected chi connectivity index (χ0v) is 16.9. The Hall–Kier alpha value is -3.86. The standard InChI is InChI=1S/C25H21N3O2/c1-17-13-14-21-20(15-17)22-23(26(21)2)24(29)28(19-11-7-4-8-12-19)25(30)27(22)16-18-9-5-3-6-10-18/h3-15H,16H2,1-2H3. The fourth-order valence-electron chi connectivity index (χ4n) is 4.18. The third kappa shape index (κ3) is 2.70. The number of rotatable bonds is 3. The van der Waals surface area contributed by atoms with E-state index in [0.717, 1.165) is 22.0 Å². The Morgan fingerprint density at radius 2 is 1.47 bits per heavy atom. The molecule has 5 nitrogen and oxygen atoms in total. The number of nitrogens with zero attached hydrogens (tertiary/aromatic N) is 3. The van der Waals surface area contributed by atoms with Crippen LogP contribution in [-0.4, -0.2) is 13.7 Å². The molecule has 0 aliphatic carbocycles. The molecule has 0 saturated carbocycles. The fraction of sp³-hybridized carbons (Fsp3) is 0.120. The molecule has 5 rings (SSSR count). The maximum Gasteiger partial charge on any atom is 0.336 e. The molecule has 0 N–H and O–H groups in total. The van der Waals surface area contributed by atoms with E-state index in [9.17, 15) is 9.59 Å². The Morgan fingerprint density at radius 3 is 2.17 bits per heavy atom. The second-order valence-electron chi connectivity index (χ2n) is 7.61. The SMILES string of the molecule is Cc1ccc2c(c1)c1c(c(=O)n(-c3ccccc3)c(=O)n1Cc1ccccc1)n2C. The normalized spacial score (nSPS) is 11.4. The molecule has 0 fully saturated rings.